The molecule has 0 spiro atoms. The first kappa shape index (κ1) is 16.2. The molecule has 0 saturated carbocycles. The monoisotopic (exact) mass is 318 g/mol. The van der Waals surface area contributed by atoms with Gasteiger partial charge in [0.15, 0.2) is 0 Å². The fourth-order valence-corrected chi connectivity index (χ4v) is 2.28. The highest BCUT2D eigenvalue weighted by molar-refractivity contribution is 6.30. The minimum atomic E-state index is -0.0987. The number of ether oxygens (including phenoxy) is 1. The van der Waals surface area contributed by atoms with Crippen LogP contribution in [0, 0.1) is 0 Å². The molecule has 0 aliphatic carbocycles. The van der Waals surface area contributed by atoms with Crippen molar-refractivity contribution < 1.29 is 9.53 Å². The van der Waals surface area contributed by atoms with E-state index in [1.54, 1.807) is 25.3 Å². The van der Waals surface area contributed by atoms with Gasteiger partial charge in [0.05, 0.1) is 25.4 Å². The van der Waals surface area contributed by atoms with Crippen LogP contribution in [-0.4, -0.2) is 19.6 Å². The van der Waals surface area contributed by atoms with Gasteiger partial charge in [0.2, 0.25) is 5.91 Å². The molecule has 5 heteroatoms. The van der Waals surface area contributed by atoms with Crippen LogP contribution in [-0.2, 0) is 4.79 Å². The van der Waals surface area contributed by atoms with Crippen LogP contribution in [0.25, 0.3) is 0 Å². The molecule has 2 aromatic carbocycles. The smallest absolute Gasteiger partial charge is 0.239 e. The molecule has 2 aromatic rings. The van der Waals surface area contributed by atoms with E-state index in [2.05, 4.69) is 10.6 Å². The van der Waals surface area contributed by atoms with Gasteiger partial charge in [0.25, 0.3) is 0 Å². The Bertz CT molecular complexity index is 632. The Balaban J connectivity index is 1.92. The molecule has 0 radical (unpaired) electrons. The van der Waals surface area contributed by atoms with Gasteiger partial charge in [-0.3, -0.25) is 4.79 Å². The Labute approximate surface area is 135 Å². The van der Waals surface area contributed by atoms with Crippen molar-refractivity contribution in [3.05, 3.63) is 59.1 Å². The Hall–Kier alpha value is -2.20. The minimum Gasteiger partial charge on any atom is -0.495 e. The summed E-state index contributed by atoms with van der Waals surface area (Å²) in [5.41, 5.74) is 1.76. The Morgan fingerprint density at radius 3 is 2.64 bits per heavy atom. The van der Waals surface area contributed by atoms with Crippen molar-refractivity contribution in [2.75, 3.05) is 19.0 Å². The molecule has 1 atom stereocenters. The lowest BCUT2D eigenvalue weighted by Gasteiger charge is -2.16. The number of carbonyl (C=O) groups excluding carboxylic acids is 1. The number of hydrogen-bond donors (Lipinski definition) is 2. The number of anilines is 1. The number of halogens is 1. The van der Waals surface area contributed by atoms with Crippen LogP contribution in [0.5, 0.6) is 5.75 Å². The molecule has 2 rings (SSSR count). The van der Waals surface area contributed by atoms with E-state index < -0.39 is 0 Å². The molecular weight excluding hydrogens is 300 g/mol. The predicted molar refractivity (Wildman–Crippen MR) is 89.5 cm³/mol. The van der Waals surface area contributed by atoms with Gasteiger partial charge in [-0.1, -0.05) is 41.9 Å². The van der Waals surface area contributed by atoms with E-state index in [1.165, 1.54) is 0 Å². The first-order chi connectivity index (χ1) is 10.6. The van der Waals surface area contributed by atoms with E-state index in [4.69, 9.17) is 16.3 Å². The van der Waals surface area contributed by atoms with Crippen LogP contribution in [0.1, 0.15) is 18.5 Å². The largest absolute Gasteiger partial charge is 0.495 e. The van der Waals surface area contributed by atoms with Crippen LogP contribution < -0.4 is 15.4 Å². The fraction of sp³-hybridized carbons (Fsp3) is 0.235. The van der Waals surface area contributed by atoms with Crippen molar-refractivity contribution in [2.24, 2.45) is 0 Å². The Kier molecular flexibility index (Phi) is 5.67. The highest BCUT2D eigenvalue weighted by atomic mass is 35.5. The molecule has 22 heavy (non-hydrogen) atoms. The summed E-state index contributed by atoms with van der Waals surface area (Å²) in [6.07, 6.45) is 0. The second-order valence-corrected chi connectivity index (χ2v) is 5.33. The first-order valence-electron chi connectivity index (χ1n) is 7.02. The highest BCUT2D eigenvalue weighted by Crippen LogP contribution is 2.27. The van der Waals surface area contributed by atoms with Gasteiger partial charge in [0, 0.05) is 5.02 Å². The Morgan fingerprint density at radius 1 is 1.23 bits per heavy atom. The minimum absolute atomic E-state index is 0.0447. The summed E-state index contributed by atoms with van der Waals surface area (Å²) in [6.45, 7) is 2.10. The van der Waals surface area contributed by atoms with E-state index in [-0.39, 0.29) is 18.5 Å². The summed E-state index contributed by atoms with van der Waals surface area (Å²) in [5, 5.41) is 6.57. The van der Waals surface area contributed by atoms with Crippen LogP contribution in [0.2, 0.25) is 5.02 Å². The van der Waals surface area contributed by atoms with Crippen LogP contribution in [0.15, 0.2) is 48.5 Å². The summed E-state index contributed by atoms with van der Waals surface area (Å²) >= 11 is 5.96. The van der Waals surface area contributed by atoms with Gasteiger partial charge in [-0.2, -0.15) is 0 Å². The second-order valence-electron chi connectivity index (χ2n) is 4.90. The lowest BCUT2D eigenvalue weighted by molar-refractivity contribution is -0.120. The number of rotatable bonds is 6. The van der Waals surface area contributed by atoms with Crippen molar-refractivity contribution >= 4 is 23.2 Å². The van der Waals surface area contributed by atoms with Crippen LogP contribution in [0.3, 0.4) is 0 Å². The summed E-state index contributed by atoms with van der Waals surface area (Å²) in [7, 11) is 1.58. The lowest BCUT2D eigenvalue weighted by atomic mass is 10.1. The van der Waals surface area contributed by atoms with Crippen molar-refractivity contribution in [3.63, 3.8) is 0 Å². The number of carbonyl (C=O) groups is 1. The van der Waals surface area contributed by atoms with Crippen LogP contribution in [0.4, 0.5) is 5.69 Å². The van der Waals surface area contributed by atoms with Gasteiger partial charge in [-0.05, 0) is 30.7 Å². The number of nitrogens with one attached hydrogen (secondary N) is 2. The Morgan fingerprint density at radius 2 is 1.95 bits per heavy atom. The normalized spacial score (nSPS) is 11.6. The molecule has 0 saturated heterocycles. The zero-order chi connectivity index (χ0) is 15.9. The summed E-state index contributed by atoms with van der Waals surface area (Å²) in [4.78, 5) is 12.0. The topological polar surface area (TPSA) is 50.4 Å². The molecule has 116 valence electrons. The van der Waals surface area contributed by atoms with Crippen molar-refractivity contribution in [1.29, 1.82) is 0 Å². The molecular formula is C17H19ClN2O2. The van der Waals surface area contributed by atoms with Gasteiger partial charge >= 0.3 is 0 Å². The molecule has 0 aliphatic heterocycles. The maximum Gasteiger partial charge on any atom is 0.239 e. The summed E-state index contributed by atoms with van der Waals surface area (Å²) in [6, 6.07) is 15.0. The lowest BCUT2D eigenvalue weighted by Crippen LogP contribution is -2.32. The third kappa shape index (κ3) is 4.40. The summed E-state index contributed by atoms with van der Waals surface area (Å²) < 4.78 is 5.23. The summed E-state index contributed by atoms with van der Waals surface area (Å²) in [5.74, 6) is 0.548. The molecule has 0 bridgehead atoms. The first-order valence-corrected chi connectivity index (χ1v) is 7.39. The maximum atomic E-state index is 12.0. The quantitative estimate of drug-likeness (QED) is 0.855. The van der Waals surface area contributed by atoms with E-state index in [9.17, 15) is 4.79 Å². The molecule has 2 N–H and O–H groups in total. The average molecular weight is 319 g/mol. The van der Waals surface area contributed by atoms with Crippen molar-refractivity contribution in [1.82, 2.24) is 5.32 Å². The van der Waals surface area contributed by atoms with E-state index in [1.807, 2.05) is 37.3 Å². The number of hydrogen-bond acceptors (Lipinski definition) is 3. The molecule has 0 heterocycles. The van der Waals surface area contributed by atoms with Gasteiger partial charge in [-0.15, -0.1) is 0 Å². The third-order valence-corrected chi connectivity index (χ3v) is 3.51. The van der Waals surface area contributed by atoms with E-state index >= 15 is 0 Å². The number of amides is 1. The molecule has 0 fully saturated rings. The molecule has 1 amide bonds. The number of methoxy groups -OCH3 is 1. The van der Waals surface area contributed by atoms with Gasteiger partial charge in [0.1, 0.15) is 5.75 Å². The second kappa shape index (κ2) is 7.71. The van der Waals surface area contributed by atoms with Crippen molar-refractivity contribution in [2.45, 2.75) is 13.0 Å². The predicted octanol–water partition coefficient (Wildman–Crippen LogP) is 3.64. The third-order valence-electron chi connectivity index (χ3n) is 3.28. The molecule has 1 unspecified atom stereocenters. The standard InChI is InChI=1S/C17H19ClN2O2/c1-12(13-6-4-3-5-7-13)20-17(21)11-19-15-10-14(18)8-9-16(15)22-2/h3-10,12,19H,11H2,1-2H3,(H,20,21). The fourth-order valence-electron chi connectivity index (χ4n) is 2.11. The number of benzene rings is 2. The van der Waals surface area contributed by atoms with Crippen molar-refractivity contribution in [3.8, 4) is 5.75 Å². The van der Waals surface area contributed by atoms with E-state index in [0.717, 1.165) is 5.56 Å². The SMILES string of the molecule is COc1ccc(Cl)cc1NCC(=O)NC(C)c1ccccc1. The van der Waals surface area contributed by atoms with Gasteiger partial charge < -0.3 is 15.4 Å². The molecule has 0 aromatic heterocycles. The molecule has 4 nitrogen and oxygen atoms in total. The zero-order valence-corrected chi connectivity index (χ0v) is 13.4. The molecule has 0 aliphatic rings. The average Bonchev–Trinajstić information content (AvgIpc) is 2.54. The highest BCUT2D eigenvalue weighted by Gasteiger charge is 2.10. The van der Waals surface area contributed by atoms with Crippen LogP contribution >= 0.6 is 11.6 Å². The van der Waals surface area contributed by atoms with E-state index in [0.29, 0.717) is 16.5 Å². The zero-order valence-electron chi connectivity index (χ0n) is 12.6. The van der Waals surface area contributed by atoms with Gasteiger partial charge in [-0.25, -0.2) is 0 Å². The maximum absolute atomic E-state index is 12.0.